The van der Waals surface area contributed by atoms with Gasteiger partial charge < -0.3 is 9.47 Å². The van der Waals surface area contributed by atoms with E-state index in [0.717, 1.165) is 18.4 Å². The SMILES string of the molecule is CC(C)(C)OC(=O)N1[C@H](CCc2cccnc2)COC1(C)C. The van der Waals surface area contributed by atoms with Crippen LogP contribution in [0.15, 0.2) is 24.5 Å². The topological polar surface area (TPSA) is 51.7 Å². The highest BCUT2D eigenvalue weighted by Gasteiger charge is 2.45. The van der Waals surface area contributed by atoms with Crippen LogP contribution in [0, 0.1) is 0 Å². The van der Waals surface area contributed by atoms with Gasteiger partial charge >= 0.3 is 6.09 Å². The van der Waals surface area contributed by atoms with Crippen LogP contribution in [-0.2, 0) is 15.9 Å². The number of amides is 1. The number of aromatic nitrogens is 1. The molecule has 0 radical (unpaired) electrons. The Labute approximate surface area is 132 Å². The maximum absolute atomic E-state index is 12.5. The van der Waals surface area contributed by atoms with Crippen molar-refractivity contribution in [1.29, 1.82) is 0 Å². The standard InChI is InChI=1S/C17H26N2O3/c1-16(2,3)22-15(20)19-14(12-21-17(19,4)5)9-8-13-7-6-10-18-11-13/h6-7,10-11,14H,8-9,12H2,1-5H3/t14-/m1/s1. The van der Waals surface area contributed by atoms with Gasteiger partial charge in [-0.3, -0.25) is 9.88 Å². The molecule has 0 spiro atoms. The number of carbonyl (C=O) groups excluding carboxylic acids is 1. The molecule has 1 atom stereocenters. The van der Waals surface area contributed by atoms with Crippen molar-refractivity contribution in [2.24, 2.45) is 0 Å². The summed E-state index contributed by atoms with van der Waals surface area (Å²) in [6, 6.07) is 3.99. The molecule has 1 aromatic rings. The van der Waals surface area contributed by atoms with Crippen molar-refractivity contribution in [3.63, 3.8) is 0 Å². The molecule has 1 amide bonds. The summed E-state index contributed by atoms with van der Waals surface area (Å²) in [4.78, 5) is 18.4. The monoisotopic (exact) mass is 306 g/mol. The lowest BCUT2D eigenvalue weighted by atomic mass is 10.1. The van der Waals surface area contributed by atoms with Crippen LogP contribution < -0.4 is 0 Å². The highest BCUT2D eigenvalue weighted by Crippen LogP contribution is 2.31. The first-order chi connectivity index (χ1) is 10.2. The van der Waals surface area contributed by atoms with Gasteiger partial charge in [-0.25, -0.2) is 4.79 Å². The molecule has 122 valence electrons. The zero-order valence-corrected chi connectivity index (χ0v) is 14.1. The number of nitrogens with zero attached hydrogens (tertiary/aromatic N) is 2. The Hall–Kier alpha value is -1.62. The number of rotatable bonds is 3. The Morgan fingerprint density at radius 2 is 2.23 bits per heavy atom. The van der Waals surface area contributed by atoms with Crippen molar-refractivity contribution < 1.29 is 14.3 Å². The van der Waals surface area contributed by atoms with E-state index < -0.39 is 11.3 Å². The number of carbonyl (C=O) groups is 1. The second-order valence-electron chi connectivity index (χ2n) is 7.16. The number of hydrogen-bond donors (Lipinski definition) is 0. The highest BCUT2D eigenvalue weighted by molar-refractivity contribution is 5.69. The molecule has 1 aromatic heterocycles. The Morgan fingerprint density at radius 3 is 2.82 bits per heavy atom. The van der Waals surface area contributed by atoms with E-state index in [0.29, 0.717) is 6.61 Å². The first kappa shape index (κ1) is 16.7. The molecule has 0 aliphatic carbocycles. The largest absolute Gasteiger partial charge is 0.444 e. The van der Waals surface area contributed by atoms with Crippen LogP contribution >= 0.6 is 0 Å². The summed E-state index contributed by atoms with van der Waals surface area (Å²) in [6.07, 6.45) is 4.99. The summed E-state index contributed by atoms with van der Waals surface area (Å²) in [6.45, 7) is 9.97. The third-order valence-corrected chi connectivity index (χ3v) is 3.65. The normalized spacial score (nSPS) is 21.0. The third-order valence-electron chi connectivity index (χ3n) is 3.65. The van der Waals surface area contributed by atoms with Crippen LogP contribution in [0.2, 0.25) is 0 Å². The average molecular weight is 306 g/mol. The zero-order chi connectivity index (χ0) is 16.4. The predicted molar refractivity (Wildman–Crippen MR) is 84.5 cm³/mol. The first-order valence-corrected chi connectivity index (χ1v) is 7.74. The molecule has 1 saturated heterocycles. The molecule has 0 unspecified atom stereocenters. The molecule has 2 heterocycles. The van der Waals surface area contributed by atoms with Crippen LogP contribution in [0.25, 0.3) is 0 Å². The molecule has 0 aromatic carbocycles. The lowest BCUT2D eigenvalue weighted by Gasteiger charge is -2.35. The molecule has 22 heavy (non-hydrogen) atoms. The Kier molecular flexibility index (Phi) is 4.75. The van der Waals surface area contributed by atoms with Gasteiger partial charge in [-0.15, -0.1) is 0 Å². The van der Waals surface area contributed by atoms with Crippen molar-refractivity contribution in [2.75, 3.05) is 6.61 Å². The van der Waals surface area contributed by atoms with Gasteiger partial charge in [-0.05, 0) is 59.1 Å². The molecule has 5 heteroatoms. The van der Waals surface area contributed by atoms with Crippen molar-refractivity contribution in [2.45, 2.75) is 64.8 Å². The maximum atomic E-state index is 12.5. The lowest BCUT2D eigenvalue weighted by Crippen LogP contribution is -2.49. The fourth-order valence-electron chi connectivity index (χ4n) is 2.66. The highest BCUT2D eigenvalue weighted by atomic mass is 16.6. The summed E-state index contributed by atoms with van der Waals surface area (Å²) in [7, 11) is 0. The van der Waals surface area contributed by atoms with Gasteiger partial charge in [0.05, 0.1) is 12.6 Å². The second-order valence-corrected chi connectivity index (χ2v) is 7.16. The molecule has 1 aliphatic heterocycles. The smallest absolute Gasteiger partial charge is 0.412 e. The Morgan fingerprint density at radius 1 is 1.50 bits per heavy atom. The summed E-state index contributed by atoms with van der Waals surface area (Å²) in [5, 5.41) is 0. The van der Waals surface area contributed by atoms with Gasteiger partial charge in [0.15, 0.2) is 0 Å². The van der Waals surface area contributed by atoms with E-state index in [1.807, 2.05) is 52.9 Å². The van der Waals surface area contributed by atoms with Gasteiger partial charge in [-0.2, -0.15) is 0 Å². The molecule has 0 bridgehead atoms. The molecule has 2 rings (SSSR count). The molecule has 0 saturated carbocycles. The van der Waals surface area contributed by atoms with Crippen LogP contribution in [0.3, 0.4) is 0 Å². The Balaban J connectivity index is 2.04. The van der Waals surface area contributed by atoms with Gasteiger partial charge in [0.1, 0.15) is 11.3 Å². The second kappa shape index (κ2) is 6.24. The third kappa shape index (κ3) is 4.19. The van der Waals surface area contributed by atoms with E-state index in [2.05, 4.69) is 4.98 Å². The molecule has 0 N–H and O–H groups in total. The van der Waals surface area contributed by atoms with E-state index in [-0.39, 0.29) is 12.1 Å². The average Bonchev–Trinajstić information content (AvgIpc) is 2.71. The molecular weight excluding hydrogens is 280 g/mol. The molecule has 1 aliphatic rings. The quantitative estimate of drug-likeness (QED) is 0.859. The maximum Gasteiger partial charge on any atom is 0.412 e. The summed E-state index contributed by atoms with van der Waals surface area (Å²) < 4.78 is 11.3. The van der Waals surface area contributed by atoms with Gasteiger partial charge in [-0.1, -0.05) is 6.07 Å². The summed E-state index contributed by atoms with van der Waals surface area (Å²) >= 11 is 0. The van der Waals surface area contributed by atoms with E-state index in [4.69, 9.17) is 9.47 Å². The van der Waals surface area contributed by atoms with Crippen molar-refractivity contribution in [3.8, 4) is 0 Å². The van der Waals surface area contributed by atoms with Crippen LogP contribution in [-0.4, -0.2) is 40.0 Å². The van der Waals surface area contributed by atoms with E-state index in [9.17, 15) is 4.79 Å². The Bertz CT molecular complexity index is 508. The number of ether oxygens (including phenoxy) is 2. The van der Waals surface area contributed by atoms with E-state index in [1.54, 1.807) is 11.1 Å². The predicted octanol–water partition coefficient (Wildman–Crippen LogP) is 3.39. The fourth-order valence-corrected chi connectivity index (χ4v) is 2.66. The van der Waals surface area contributed by atoms with Crippen LogP contribution in [0.4, 0.5) is 4.79 Å². The fraction of sp³-hybridized carbons (Fsp3) is 0.647. The van der Waals surface area contributed by atoms with Crippen molar-refractivity contribution >= 4 is 6.09 Å². The summed E-state index contributed by atoms with van der Waals surface area (Å²) in [5.41, 5.74) is 0.0161. The zero-order valence-electron chi connectivity index (χ0n) is 14.1. The van der Waals surface area contributed by atoms with Crippen molar-refractivity contribution in [3.05, 3.63) is 30.1 Å². The minimum atomic E-state index is -0.637. The lowest BCUT2D eigenvalue weighted by molar-refractivity contribution is -0.0626. The minimum Gasteiger partial charge on any atom is -0.444 e. The summed E-state index contributed by atoms with van der Waals surface area (Å²) in [5.74, 6) is 0. The van der Waals surface area contributed by atoms with E-state index >= 15 is 0 Å². The first-order valence-electron chi connectivity index (χ1n) is 7.74. The number of aryl methyl sites for hydroxylation is 1. The van der Waals surface area contributed by atoms with Crippen LogP contribution in [0.5, 0.6) is 0 Å². The van der Waals surface area contributed by atoms with Crippen LogP contribution in [0.1, 0.15) is 46.6 Å². The molecule has 1 fully saturated rings. The molecule has 5 nitrogen and oxygen atoms in total. The van der Waals surface area contributed by atoms with Gasteiger partial charge in [0.25, 0.3) is 0 Å². The van der Waals surface area contributed by atoms with Gasteiger partial charge in [0, 0.05) is 12.4 Å². The van der Waals surface area contributed by atoms with Crippen molar-refractivity contribution in [1.82, 2.24) is 9.88 Å². The van der Waals surface area contributed by atoms with E-state index in [1.165, 1.54) is 0 Å². The number of pyridine rings is 1. The molecular formula is C17H26N2O3. The minimum absolute atomic E-state index is 0.0186. The van der Waals surface area contributed by atoms with Gasteiger partial charge in [0.2, 0.25) is 0 Å². The number of hydrogen-bond acceptors (Lipinski definition) is 4.